The Morgan fingerprint density at radius 3 is 0.647 bits per heavy atom. The molecule has 0 fully saturated rings. The average molecular weight is 865 g/mol. The van der Waals surface area contributed by atoms with E-state index in [0.717, 1.165) is 11.4 Å². The lowest BCUT2D eigenvalue weighted by molar-refractivity contribution is 1.18. The van der Waals surface area contributed by atoms with Gasteiger partial charge in [0.05, 0.1) is 22.1 Å². The highest BCUT2D eigenvalue weighted by Gasteiger charge is 2.15. The molecule has 0 saturated heterocycles. The lowest BCUT2D eigenvalue weighted by Gasteiger charge is -2.13. The number of nitrogens with zero attached hydrogens (tertiary/aromatic N) is 2. The Bertz CT molecular complexity index is 3620. The quantitative estimate of drug-likeness (QED) is 0.144. The standard InChI is InChI=1S/C66H44N2/c1-2-12-45(13-3-1)46-22-28-51(29-23-46)54-42-55(52-30-24-47(25-31-52)49-34-38-57(39-35-49)67-63-18-8-4-14-59(63)60-15-5-9-19-64(60)67)44-56(43-54)53-32-26-48(27-33-53)50-36-40-58(41-37-50)68-65-20-10-6-16-61(65)62-17-7-11-21-66(62)68/h1-44H. The molecule has 0 aliphatic rings. The van der Waals surface area contributed by atoms with Crippen LogP contribution in [0.1, 0.15) is 0 Å². The molecule has 11 aromatic carbocycles. The number of fused-ring (bicyclic) bond motifs is 6. The Balaban J connectivity index is 0.823. The summed E-state index contributed by atoms with van der Waals surface area (Å²) in [7, 11) is 0. The third kappa shape index (κ3) is 6.90. The Morgan fingerprint density at radius 1 is 0.162 bits per heavy atom. The van der Waals surface area contributed by atoms with Crippen LogP contribution in [-0.2, 0) is 0 Å². The van der Waals surface area contributed by atoms with Crippen molar-refractivity contribution in [2.75, 3.05) is 0 Å². The van der Waals surface area contributed by atoms with E-state index in [9.17, 15) is 0 Å². The van der Waals surface area contributed by atoms with Gasteiger partial charge in [0.15, 0.2) is 0 Å². The van der Waals surface area contributed by atoms with Crippen LogP contribution in [-0.4, -0.2) is 9.13 Å². The third-order valence-corrected chi connectivity index (χ3v) is 13.8. The summed E-state index contributed by atoms with van der Waals surface area (Å²) < 4.78 is 4.74. The minimum Gasteiger partial charge on any atom is -0.309 e. The highest BCUT2D eigenvalue weighted by atomic mass is 15.0. The summed E-state index contributed by atoms with van der Waals surface area (Å²) in [5.74, 6) is 0. The van der Waals surface area contributed by atoms with Crippen LogP contribution in [0.25, 0.3) is 122 Å². The Kier molecular flexibility index (Phi) is 9.54. The molecule has 13 rings (SSSR count). The normalized spacial score (nSPS) is 11.5. The van der Waals surface area contributed by atoms with Crippen LogP contribution in [0.2, 0.25) is 0 Å². The van der Waals surface area contributed by atoms with E-state index in [4.69, 9.17) is 0 Å². The number of hydrogen-bond acceptors (Lipinski definition) is 0. The molecule has 13 aromatic rings. The summed E-state index contributed by atoms with van der Waals surface area (Å²) in [6.07, 6.45) is 0. The monoisotopic (exact) mass is 864 g/mol. The summed E-state index contributed by atoms with van der Waals surface area (Å²) in [6.45, 7) is 0. The van der Waals surface area contributed by atoms with Crippen LogP contribution in [0.5, 0.6) is 0 Å². The fourth-order valence-corrected chi connectivity index (χ4v) is 10.3. The van der Waals surface area contributed by atoms with Gasteiger partial charge < -0.3 is 9.13 Å². The van der Waals surface area contributed by atoms with Crippen molar-refractivity contribution in [3.05, 3.63) is 267 Å². The first kappa shape index (κ1) is 39.4. The van der Waals surface area contributed by atoms with Crippen molar-refractivity contribution < 1.29 is 0 Å². The zero-order valence-electron chi connectivity index (χ0n) is 37.3. The Labute approximate surface area is 395 Å². The predicted molar refractivity (Wildman–Crippen MR) is 288 cm³/mol. The van der Waals surface area contributed by atoms with E-state index >= 15 is 0 Å². The van der Waals surface area contributed by atoms with Crippen molar-refractivity contribution in [2.45, 2.75) is 0 Å². The first-order valence-corrected chi connectivity index (χ1v) is 23.4. The topological polar surface area (TPSA) is 9.86 Å². The molecule has 0 radical (unpaired) electrons. The van der Waals surface area contributed by atoms with Gasteiger partial charge in [-0.2, -0.15) is 0 Å². The minimum absolute atomic E-state index is 1.16. The van der Waals surface area contributed by atoms with E-state index in [1.165, 1.54) is 110 Å². The van der Waals surface area contributed by atoms with Gasteiger partial charge in [-0.25, -0.2) is 0 Å². The van der Waals surface area contributed by atoms with Crippen molar-refractivity contribution in [1.82, 2.24) is 9.13 Å². The van der Waals surface area contributed by atoms with Gasteiger partial charge in [0.25, 0.3) is 0 Å². The molecule has 2 heterocycles. The van der Waals surface area contributed by atoms with E-state index in [0.29, 0.717) is 0 Å². The lowest BCUT2D eigenvalue weighted by atomic mass is 9.91. The fourth-order valence-electron chi connectivity index (χ4n) is 10.3. The van der Waals surface area contributed by atoms with Gasteiger partial charge >= 0.3 is 0 Å². The summed E-state index contributed by atoms with van der Waals surface area (Å²) in [6, 6.07) is 97.4. The SMILES string of the molecule is c1ccc(-c2ccc(-c3cc(-c4ccc(-c5ccc(-n6c7ccccc7c7ccccc76)cc5)cc4)cc(-c4ccc(-c5ccc(-n6c7ccccc7c7ccccc76)cc5)cc4)c3)cc2)cc1. The molecule has 0 bridgehead atoms. The maximum Gasteiger partial charge on any atom is 0.0541 e. The third-order valence-electron chi connectivity index (χ3n) is 13.8. The molecule has 318 valence electrons. The van der Waals surface area contributed by atoms with Gasteiger partial charge in [-0.1, -0.05) is 200 Å². The second-order valence-electron chi connectivity index (χ2n) is 17.7. The Hall–Kier alpha value is -8.98. The van der Waals surface area contributed by atoms with Crippen molar-refractivity contribution in [3.8, 4) is 78.1 Å². The zero-order valence-corrected chi connectivity index (χ0v) is 37.3. The Morgan fingerprint density at radius 2 is 0.368 bits per heavy atom. The van der Waals surface area contributed by atoms with E-state index in [1.54, 1.807) is 0 Å². The highest BCUT2D eigenvalue weighted by Crippen LogP contribution is 2.38. The van der Waals surface area contributed by atoms with Crippen LogP contribution in [0.4, 0.5) is 0 Å². The van der Waals surface area contributed by atoms with Crippen molar-refractivity contribution in [1.29, 1.82) is 0 Å². The van der Waals surface area contributed by atoms with Gasteiger partial charge in [-0.3, -0.25) is 0 Å². The molecule has 0 amide bonds. The van der Waals surface area contributed by atoms with E-state index in [-0.39, 0.29) is 0 Å². The molecule has 0 N–H and O–H groups in total. The molecule has 0 spiro atoms. The molecule has 2 aromatic heterocycles. The molecule has 68 heavy (non-hydrogen) atoms. The van der Waals surface area contributed by atoms with E-state index in [2.05, 4.69) is 276 Å². The smallest absolute Gasteiger partial charge is 0.0541 e. The number of hydrogen-bond donors (Lipinski definition) is 0. The van der Waals surface area contributed by atoms with Crippen LogP contribution in [0.15, 0.2) is 267 Å². The van der Waals surface area contributed by atoms with Gasteiger partial charge in [0.2, 0.25) is 0 Å². The van der Waals surface area contributed by atoms with Crippen molar-refractivity contribution >= 4 is 43.6 Å². The van der Waals surface area contributed by atoms with Gasteiger partial charge in [-0.15, -0.1) is 0 Å². The van der Waals surface area contributed by atoms with Gasteiger partial charge in [-0.05, 0) is 133 Å². The summed E-state index contributed by atoms with van der Waals surface area (Å²) in [4.78, 5) is 0. The predicted octanol–water partition coefficient (Wildman–Crippen LogP) is 17.9. The largest absolute Gasteiger partial charge is 0.309 e. The lowest BCUT2D eigenvalue weighted by Crippen LogP contribution is -1.93. The summed E-state index contributed by atoms with van der Waals surface area (Å²) >= 11 is 0. The maximum atomic E-state index is 2.37. The van der Waals surface area contributed by atoms with Crippen LogP contribution >= 0.6 is 0 Å². The molecular formula is C66H44N2. The first-order chi connectivity index (χ1) is 33.7. The van der Waals surface area contributed by atoms with Crippen LogP contribution < -0.4 is 0 Å². The molecule has 0 saturated carbocycles. The number of benzene rings is 11. The number of rotatable bonds is 8. The van der Waals surface area contributed by atoms with Crippen LogP contribution in [0, 0.1) is 0 Å². The fraction of sp³-hybridized carbons (Fsp3) is 0. The molecular weight excluding hydrogens is 821 g/mol. The second-order valence-corrected chi connectivity index (χ2v) is 17.7. The number of aromatic nitrogens is 2. The van der Waals surface area contributed by atoms with E-state index < -0.39 is 0 Å². The van der Waals surface area contributed by atoms with Crippen LogP contribution in [0.3, 0.4) is 0 Å². The molecule has 2 heteroatoms. The zero-order chi connectivity index (χ0) is 45.0. The highest BCUT2D eigenvalue weighted by molar-refractivity contribution is 6.10. The number of para-hydroxylation sites is 4. The molecule has 0 aliphatic carbocycles. The van der Waals surface area contributed by atoms with Gasteiger partial charge in [0, 0.05) is 32.9 Å². The average Bonchev–Trinajstić information content (AvgIpc) is 3.94. The minimum atomic E-state index is 1.16. The molecule has 0 aliphatic heterocycles. The summed E-state index contributed by atoms with van der Waals surface area (Å²) in [5, 5.41) is 5.09. The summed E-state index contributed by atoms with van der Waals surface area (Å²) in [5.41, 5.74) is 21.5. The van der Waals surface area contributed by atoms with E-state index in [1.807, 2.05) is 0 Å². The maximum absolute atomic E-state index is 2.37. The van der Waals surface area contributed by atoms with Gasteiger partial charge in [0.1, 0.15) is 0 Å². The molecule has 2 nitrogen and oxygen atoms in total. The van der Waals surface area contributed by atoms with Crippen molar-refractivity contribution in [3.63, 3.8) is 0 Å². The molecule has 0 atom stereocenters. The van der Waals surface area contributed by atoms with Crippen molar-refractivity contribution in [2.24, 2.45) is 0 Å². The second kappa shape index (κ2) is 16.5. The first-order valence-electron chi connectivity index (χ1n) is 23.4. The molecule has 0 unspecified atom stereocenters.